The summed E-state index contributed by atoms with van der Waals surface area (Å²) in [5.41, 5.74) is 8.20. The van der Waals surface area contributed by atoms with Crippen LogP contribution in [0.4, 0.5) is 11.4 Å². The van der Waals surface area contributed by atoms with E-state index < -0.39 is 5.72 Å². The van der Waals surface area contributed by atoms with Gasteiger partial charge in [-0.25, -0.2) is 0 Å². The predicted molar refractivity (Wildman–Crippen MR) is 120 cm³/mol. The Kier molecular flexibility index (Phi) is 5.33. The number of ether oxygens (including phenoxy) is 1. The van der Waals surface area contributed by atoms with E-state index in [1.807, 2.05) is 6.92 Å². The summed E-state index contributed by atoms with van der Waals surface area (Å²) in [5, 5.41) is 13.1. The van der Waals surface area contributed by atoms with Gasteiger partial charge in [0.2, 0.25) is 5.91 Å². The first-order valence-electron chi connectivity index (χ1n) is 10.3. The van der Waals surface area contributed by atoms with Gasteiger partial charge >= 0.3 is 0 Å². The molecule has 1 spiro atoms. The molecule has 9 heteroatoms. The van der Waals surface area contributed by atoms with Crippen molar-refractivity contribution in [1.82, 2.24) is 10.2 Å². The standard InChI is InChI=1S/C23H25N5O4/c1-13-9-15(10-16(12-24)20(13)25)22(31)28-7-5-23(6-8-28)27-21(30)18-11-17(26-14(2)29)3-4-19(18)32-23/h3-4,9-12,24H,5-8,25H2,1-2H3,(H,26,29)(H,27,30). The van der Waals surface area contributed by atoms with Gasteiger partial charge in [0.25, 0.3) is 11.8 Å². The van der Waals surface area contributed by atoms with Crippen LogP contribution in [-0.2, 0) is 4.79 Å². The van der Waals surface area contributed by atoms with Crippen LogP contribution in [0.25, 0.3) is 0 Å². The normalized spacial score (nSPS) is 16.6. The molecule has 9 nitrogen and oxygen atoms in total. The number of nitrogen functional groups attached to an aromatic ring is 1. The first-order chi connectivity index (χ1) is 15.2. The largest absolute Gasteiger partial charge is 0.467 e. The monoisotopic (exact) mass is 435 g/mol. The van der Waals surface area contributed by atoms with E-state index in [1.54, 1.807) is 35.2 Å². The number of nitrogens with zero attached hydrogens (tertiary/aromatic N) is 1. The lowest BCUT2D eigenvalue weighted by molar-refractivity contribution is -0.114. The highest BCUT2D eigenvalue weighted by Gasteiger charge is 2.43. The summed E-state index contributed by atoms with van der Waals surface area (Å²) >= 11 is 0. The predicted octanol–water partition coefficient (Wildman–Crippen LogP) is 2.29. The molecule has 1 fully saturated rings. The number of fused-ring (bicyclic) bond motifs is 1. The van der Waals surface area contributed by atoms with Crippen LogP contribution in [-0.4, -0.2) is 47.7 Å². The van der Waals surface area contributed by atoms with E-state index in [-0.39, 0.29) is 17.7 Å². The molecule has 2 aliphatic rings. The second-order valence-electron chi connectivity index (χ2n) is 8.18. The summed E-state index contributed by atoms with van der Waals surface area (Å²) < 4.78 is 6.17. The van der Waals surface area contributed by atoms with E-state index in [0.717, 1.165) is 11.8 Å². The summed E-state index contributed by atoms with van der Waals surface area (Å²) in [5.74, 6) is -0.191. The van der Waals surface area contributed by atoms with Gasteiger partial charge in [-0.2, -0.15) is 0 Å². The number of hydrogen-bond donors (Lipinski definition) is 4. The Balaban J connectivity index is 1.48. The minimum absolute atomic E-state index is 0.145. The van der Waals surface area contributed by atoms with Crippen molar-refractivity contribution in [2.75, 3.05) is 24.1 Å². The number of benzene rings is 2. The van der Waals surface area contributed by atoms with Crippen molar-refractivity contribution < 1.29 is 19.1 Å². The summed E-state index contributed by atoms with van der Waals surface area (Å²) in [4.78, 5) is 38.8. The van der Waals surface area contributed by atoms with E-state index in [2.05, 4.69) is 10.6 Å². The molecule has 5 N–H and O–H groups in total. The average Bonchev–Trinajstić information content (AvgIpc) is 2.76. The second-order valence-corrected chi connectivity index (χ2v) is 8.18. The van der Waals surface area contributed by atoms with Gasteiger partial charge in [0.1, 0.15) is 5.75 Å². The maximum atomic E-state index is 13.0. The molecule has 2 aromatic carbocycles. The van der Waals surface area contributed by atoms with E-state index in [0.29, 0.717) is 59.7 Å². The van der Waals surface area contributed by atoms with Crippen LogP contribution < -0.4 is 21.1 Å². The zero-order valence-corrected chi connectivity index (χ0v) is 18.0. The number of carbonyl (C=O) groups excluding carboxylic acids is 3. The number of hydrogen-bond acceptors (Lipinski definition) is 6. The minimum Gasteiger partial charge on any atom is -0.467 e. The number of carbonyl (C=O) groups is 3. The molecule has 3 amide bonds. The van der Waals surface area contributed by atoms with Crippen molar-refractivity contribution >= 4 is 35.3 Å². The fourth-order valence-corrected chi connectivity index (χ4v) is 4.14. The molecule has 4 rings (SSSR count). The minimum atomic E-state index is -0.881. The number of nitrogens with two attached hydrogens (primary N) is 1. The maximum Gasteiger partial charge on any atom is 0.258 e. The molecular weight excluding hydrogens is 410 g/mol. The van der Waals surface area contributed by atoms with Gasteiger partial charge < -0.3 is 31.4 Å². The SMILES string of the molecule is CC(=O)Nc1ccc2c(c1)C(=O)NC1(CCN(C(=O)c3cc(C)c(N)c(C=N)c3)CC1)O2. The van der Waals surface area contributed by atoms with Crippen LogP contribution in [0.3, 0.4) is 0 Å². The third-order valence-corrected chi connectivity index (χ3v) is 5.87. The van der Waals surface area contributed by atoms with Gasteiger partial charge in [-0.3, -0.25) is 14.4 Å². The highest BCUT2D eigenvalue weighted by molar-refractivity contribution is 6.01. The molecule has 0 saturated carbocycles. The highest BCUT2D eigenvalue weighted by Crippen LogP contribution is 2.35. The molecule has 2 heterocycles. The quantitative estimate of drug-likeness (QED) is 0.433. The third kappa shape index (κ3) is 3.89. The van der Waals surface area contributed by atoms with Crippen molar-refractivity contribution in [3.8, 4) is 5.75 Å². The van der Waals surface area contributed by atoms with Crippen molar-refractivity contribution in [3.63, 3.8) is 0 Å². The van der Waals surface area contributed by atoms with Gasteiger partial charge in [-0.1, -0.05) is 0 Å². The molecule has 0 unspecified atom stereocenters. The molecule has 32 heavy (non-hydrogen) atoms. The van der Waals surface area contributed by atoms with E-state index in [4.69, 9.17) is 15.9 Å². The van der Waals surface area contributed by atoms with Crippen molar-refractivity contribution in [3.05, 3.63) is 52.6 Å². The number of rotatable bonds is 3. The van der Waals surface area contributed by atoms with Crippen LogP contribution in [0, 0.1) is 12.3 Å². The number of aryl methyl sites for hydroxylation is 1. The van der Waals surface area contributed by atoms with Gasteiger partial charge in [-0.15, -0.1) is 0 Å². The Morgan fingerprint density at radius 3 is 2.62 bits per heavy atom. The topological polar surface area (TPSA) is 138 Å². The zero-order valence-electron chi connectivity index (χ0n) is 18.0. The molecule has 0 aromatic heterocycles. The van der Waals surface area contributed by atoms with Crippen molar-refractivity contribution in [1.29, 1.82) is 5.41 Å². The fraction of sp³-hybridized carbons (Fsp3) is 0.304. The summed E-state index contributed by atoms with van der Waals surface area (Å²) in [6, 6.07) is 8.31. The van der Waals surface area contributed by atoms with E-state index in [1.165, 1.54) is 6.92 Å². The van der Waals surface area contributed by atoms with Crippen LogP contribution in [0.2, 0.25) is 0 Å². The molecular formula is C23H25N5O4. The Labute approximate surface area is 185 Å². The Morgan fingerprint density at radius 1 is 1.25 bits per heavy atom. The van der Waals surface area contributed by atoms with Crippen LogP contribution in [0.5, 0.6) is 5.75 Å². The van der Waals surface area contributed by atoms with Crippen LogP contribution in [0.15, 0.2) is 30.3 Å². The Hall–Kier alpha value is -3.88. The number of anilines is 2. The fourth-order valence-electron chi connectivity index (χ4n) is 4.14. The molecule has 1 saturated heterocycles. The maximum absolute atomic E-state index is 13.0. The highest BCUT2D eigenvalue weighted by atomic mass is 16.5. The first kappa shape index (κ1) is 21.4. The smallest absolute Gasteiger partial charge is 0.258 e. The number of amides is 3. The average molecular weight is 435 g/mol. The lowest BCUT2D eigenvalue weighted by Crippen LogP contribution is -2.61. The van der Waals surface area contributed by atoms with Crippen molar-refractivity contribution in [2.24, 2.45) is 0 Å². The first-order valence-corrected chi connectivity index (χ1v) is 10.3. The third-order valence-electron chi connectivity index (χ3n) is 5.87. The van der Waals surface area contributed by atoms with Gasteiger partial charge in [-0.05, 0) is 42.8 Å². The lowest BCUT2D eigenvalue weighted by atomic mass is 9.95. The zero-order chi connectivity index (χ0) is 23.0. The molecule has 166 valence electrons. The van der Waals surface area contributed by atoms with Gasteiger partial charge in [0.05, 0.1) is 5.56 Å². The summed E-state index contributed by atoms with van der Waals surface area (Å²) in [6.07, 6.45) is 2.01. The molecule has 2 aromatic rings. The summed E-state index contributed by atoms with van der Waals surface area (Å²) in [6.45, 7) is 4.02. The molecule has 0 atom stereocenters. The molecule has 0 radical (unpaired) electrons. The molecule has 2 aliphatic heterocycles. The number of piperidine rings is 1. The van der Waals surface area contributed by atoms with E-state index in [9.17, 15) is 14.4 Å². The van der Waals surface area contributed by atoms with E-state index >= 15 is 0 Å². The second kappa shape index (κ2) is 7.99. The summed E-state index contributed by atoms with van der Waals surface area (Å²) in [7, 11) is 0. The van der Waals surface area contributed by atoms with Gasteiger partial charge in [0.15, 0.2) is 5.72 Å². The Bertz CT molecular complexity index is 1140. The van der Waals surface area contributed by atoms with Crippen LogP contribution >= 0.6 is 0 Å². The lowest BCUT2D eigenvalue weighted by Gasteiger charge is -2.44. The number of nitrogens with one attached hydrogen (secondary N) is 3. The molecule has 0 bridgehead atoms. The van der Waals surface area contributed by atoms with Crippen LogP contribution in [0.1, 0.15) is 51.6 Å². The van der Waals surface area contributed by atoms with Gasteiger partial charge in [0, 0.05) is 61.6 Å². The molecule has 0 aliphatic carbocycles. The van der Waals surface area contributed by atoms with Crippen molar-refractivity contribution in [2.45, 2.75) is 32.4 Å². The Morgan fingerprint density at radius 2 is 1.97 bits per heavy atom. The number of likely N-dealkylation sites (tertiary alicyclic amines) is 1.